The van der Waals surface area contributed by atoms with Gasteiger partial charge in [-0.25, -0.2) is 0 Å². The zero-order valence-corrected chi connectivity index (χ0v) is 15.5. The average Bonchev–Trinajstić information content (AvgIpc) is 2.70. The highest BCUT2D eigenvalue weighted by molar-refractivity contribution is 6.30. The predicted octanol–water partition coefficient (Wildman–Crippen LogP) is 3.40. The first-order valence-corrected chi connectivity index (χ1v) is 8.87. The standard InChI is InChI=1S/C21H17ClN2O4/c22-17-6-3-7-18(11-17)24-19(25)13-28-20(26)12-23-21(27)16-9-8-14-4-1-2-5-15(14)10-16/h1-11H,12-13H2,(H,23,27)(H,24,25). The maximum absolute atomic E-state index is 12.2. The van der Waals surface area contributed by atoms with Gasteiger partial charge in [0.2, 0.25) is 0 Å². The Hall–Kier alpha value is -3.38. The number of carbonyl (C=O) groups excluding carboxylic acids is 3. The fraction of sp³-hybridized carbons (Fsp3) is 0.0952. The minimum Gasteiger partial charge on any atom is -0.454 e. The third kappa shape index (κ3) is 5.31. The average molecular weight is 397 g/mol. The van der Waals surface area contributed by atoms with Crippen LogP contribution in [0.15, 0.2) is 66.7 Å². The molecule has 3 aromatic carbocycles. The molecule has 0 atom stereocenters. The van der Waals surface area contributed by atoms with Crippen molar-refractivity contribution in [3.05, 3.63) is 77.3 Å². The van der Waals surface area contributed by atoms with E-state index in [1.165, 1.54) is 0 Å². The molecule has 0 unspecified atom stereocenters. The first-order valence-electron chi connectivity index (χ1n) is 8.49. The maximum Gasteiger partial charge on any atom is 0.325 e. The van der Waals surface area contributed by atoms with Crippen LogP contribution >= 0.6 is 11.6 Å². The Morgan fingerprint density at radius 3 is 2.46 bits per heavy atom. The number of halogens is 1. The van der Waals surface area contributed by atoms with Crippen molar-refractivity contribution < 1.29 is 19.1 Å². The molecule has 2 amide bonds. The van der Waals surface area contributed by atoms with E-state index in [0.717, 1.165) is 10.8 Å². The first-order chi connectivity index (χ1) is 13.5. The van der Waals surface area contributed by atoms with Gasteiger partial charge in [0.25, 0.3) is 11.8 Å². The van der Waals surface area contributed by atoms with Crippen LogP contribution in [0.3, 0.4) is 0 Å². The van der Waals surface area contributed by atoms with Crippen LogP contribution in [-0.2, 0) is 14.3 Å². The molecular weight excluding hydrogens is 380 g/mol. The Kier molecular flexibility index (Phi) is 6.24. The Bertz CT molecular complexity index is 1040. The van der Waals surface area contributed by atoms with E-state index in [9.17, 15) is 14.4 Å². The van der Waals surface area contributed by atoms with Crippen molar-refractivity contribution in [1.82, 2.24) is 5.32 Å². The van der Waals surface area contributed by atoms with Gasteiger partial charge in [0.1, 0.15) is 6.54 Å². The van der Waals surface area contributed by atoms with Crippen LogP contribution in [0.5, 0.6) is 0 Å². The lowest BCUT2D eigenvalue weighted by Gasteiger charge is -2.08. The lowest BCUT2D eigenvalue weighted by molar-refractivity contribution is -0.146. The van der Waals surface area contributed by atoms with Crippen molar-refractivity contribution >= 4 is 45.8 Å². The zero-order chi connectivity index (χ0) is 19.9. The summed E-state index contributed by atoms with van der Waals surface area (Å²) in [4.78, 5) is 35.8. The summed E-state index contributed by atoms with van der Waals surface area (Å²) in [6, 6.07) is 19.5. The van der Waals surface area contributed by atoms with E-state index >= 15 is 0 Å². The first kappa shape index (κ1) is 19.4. The normalized spacial score (nSPS) is 10.3. The fourth-order valence-corrected chi connectivity index (χ4v) is 2.74. The minimum absolute atomic E-state index is 0.337. The summed E-state index contributed by atoms with van der Waals surface area (Å²) >= 11 is 5.83. The molecule has 0 aromatic heterocycles. The lowest BCUT2D eigenvalue weighted by Crippen LogP contribution is -2.32. The molecule has 6 nitrogen and oxygen atoms in total. The van der Waals surface area contributed by atoms with Crippen LogP contribution in [-0.4, -0.2) is 30.9 Å². The van der Waals surface area contributed by atoms with Crippen molar-refractivity contribution in [3.63, 3.8) is 0 Å². The van der Waals surface area contributed by atoms with Crippen molar-refractivity contribution in [1.29, 1.82) is 0 Å². The number of hydrogen-bond donors (Lipinski definition) is 2. The molecule has 7 heteroatoms. The summed E-state index contributed by atoms with van der Waals surface area (Å²) in [5.41, 5.74) is 0.934. The molecule has 0 aliphatic rings. The number of nitrogens with one attached hydrogen (secondary N) is 2. The van der Waals surface area contributed by atoms with E-state index in [1.54, 1.807) is 36.4 Å². The van der Waals surface area contributed by atoms with Gasteiger partial charge < -0.3 is 15.4 Å². The molecule has 142 valence electrons. The number of rotatable bonds is 6. The second-order valence-electron chi connectivity index (χ2n) is 5.96. The fourth-order valence-electron chi connectivity index (χ4n) is 2.55. The number of ether oxygens (including phenoxy) is 1. The number of anilines is 1. The van der Waals surface area contributed by atoms with E-state index in [-0.39, 0.29) is 6.54 Å². The molecule has 0 fully saturated rings. The van der Waals surface area contributed by atoms with Crippen LogP contribution in [0, 0.1) is 0 Å². The number of amides is 2. The number of benzene rings is 3. The summed E-state index contributed by atoms with van der Waals surface area (Å²) < 4.78 is 4.86. The van der Waals surface area contributed by atoms with Crippen LogP contribution < -0.4 is 10.6 Å². The van der Waals surface area contributed by atoms with Crippen LogP contribution in [0.1, 0.15) is 10.4 Å². The third-order valence-electron chi connectivity index (χ3n) is 3.88. The SMILES string of the molecule is O=C(COC(=O)CNC(=O)c1ccc2ccccc2c1)Nc1cccc(Cl)c1. The molecule has 0 bridgehead atoms. The summed E-state index contributed by atoms with van der Waals surface area (Å²) in [6.45, 7) is -0.798. The molecule has 2 N–H and O–H groups in total. The van der Waals surface area contributed by atoms with Crippen molar-refractivity contribution in [2.24, 2.45) is 0 Å². The Morgan fingerprint density at radius 1 is 0.893 bits per heavy atom. The number of fused-ring (bicyclic) bond motifs is 1. The summed E-state index contributed by atoms with van der Waals surface area (Å²) in [5, 5.41) is 7.46. The van der Waals surface area contributed by atoms with E-state index in [1.807, 2.05) is 30.3 Å². The molecule has 0 heterocycles. The van der Waals surface area contributed by atoms with Crippen LogP contribution in [0.25, 0.3) is 10.8 Å². The van der Waals surface area contributed by atoms with Gasteiger partial charge in [-0.3, -0.25) is 14.4 Å². The van der Waals surface area contributed by atoms with Crippen molar-refractivity contribution in [2.75, 3.05) is 18.5 Å². The Labute approximate surface area is 166 Å². The second-order valence-corrected chi connectivity index (χ2v) is 6.40. The molecule has 3 aromatic rings. The Balaban J connectivity index is 1.45. The van der Waals surface area contributed by atoms with Crippen molar-refractivity contribution in [2.45, 2.75) is 0 Å². The summed E-state index contributed by atoms with van der Waals surface area (Å²) in [5.74, 6) is -1.61. The third-order valence-corrected chi connectivity index (χ3v) is 4.11. The van der Waals surface area contributed by atoms with E-state index in [4.69, 9.17) is 16.3 Å². The Morgan fingerprint density at radius 2 is 1.68 bits per heavy atom. The smallest absolute Gasteiger partial charge is 0.325 e. The topological polar surface area (TPSA) is 84.5 Å². The number of hydrogen-bond acceptors (Lipinski definition) is 4. The molecule has 0 saturated heterocycles. The predicted molar refractivity (Wildman–Crippen MR) is 107 cm³/mol. The van der Waals surface area contributed by atoms with E-state index in [2.05, 4.69) is 10.6 Å². The van der Waals surface area contributed by atoms with Gasteiger partial charge >= 0.3 is 5.97 Å². The monoisotopic (exact) mass is 396 g/mol. The molecule has 0 radical (unpaired) electrons. The quantitative estimate of drug-likeness (QED) is 0.625. The minimum atomic E-state index is -0.713. The molecule has 0 aliphatic carbocycles. The van der Waals surface area contributed by atoms with E-state index in [0.29, 0.717) is 16.3 Å². The van der Waals surface area contributed by atoms with Gasteiger partial charge in [-0.1, -0.05) is 48.0 Å². The lowest BCUT2D eigenvalue weighted by atomic mass is 10.1. The number of carbonyl (C=O) groups is 3. The zero-order valence-electron chi connectivity index (χ0n) is 14.8. The van der Waals surface area contributed by atoms with E-state index < -0.39 is 24.4 Å². The van der Waals surface area contributed by atoms with Gasteiger partial charge in [0.15, 0.2) is 6.61 Å². The highest BCUT2D eigenvalue weighted by Gasteiger charge is 2.11. The van der Waals surface area contributed by atoms with Crippen molar-refractivity contribution in [3.8, 4) is 0 Å². The molecule has 28 heavy (non-hydrogen) atoms. The largest absolute Gasteiger partial charge is 0.454 e. The molecule has 0 spiro atoms. The van der Waals surface area contributed by atoms with Gasteiger partial charge in [-0.15, -0.1) is 0 Å². The molecule has 0 aliphatic heterocycles. The van der Waals surface area contributed by atoms with Gasteiger partial charge in [0.05, 0.1) is 0 Å². The summed E-state index contributed by atoms with van der Waals surface area (Å²) in [6.07, 6.45) is 0. The van der Waals surface area contributed by atoms with Gasteiger partial charge in [-0.2, -0.15) is 0 Å². The molecule has 3 rings (SSSR count). The second kappa shape index (κ2) is 9.01. The highest BCUT2D eigenvalue weighted by Crippen LogP contribution is 2.16. The number of esters is 1. The van der Waals surface area contributed by atoms with Gasteiger partial charge in [0, 0.05) is 16.3 Å². The molecular formula is C21H17ClN2O4. The highest BCUT2D eigenvalue weighted by atomic mass is 35.5. The van der Waals surface area contributed by atoms with Crippen LogP contribution in [0.2, 0.25) is 5.02 Å². The maximum atomic E-state index is 12.2. The van der Waals surface area contributed by atoms with Gasteiger partial charge in [-0.05, 0) is 41.1 Å². The molecule has 0 saturated carbocycles. The van der Waals surface area contributed by atoms with Crippen LogP contribution in [0.4, 0.5) is 5.69 Å². The summed E-state index contributed by atoms with van der Waals surface area (Å²) in [7, 11) is 0.